The van der Waals surface area contributed by atoms with Crippen LogP contribution in [0.1, 0.15) is 34.6 Å². The molecule has 0 aliphatic carbocycles. The van der Waals surface area contributed by atoms with Crippen molar-refractivity contribution in [3.8, 4) is 5.75 Å². The van der Waals surface area contributed by atoms with Crippen molar-refractivity contribution in [3.63, 3.8) is 0 Å². The second kappa shape index (κ2) is 8.11. The predicted octanol–water partition coefficient (Wildman–Crippen LogP) is 5.45. The third-order valence-electron chi connectivity index (χ3n) is 4.53. The fraction of sp³-hybridized carbons (Fsp3) is 0.333. The number of esters is 1. The Bertz CT molecular complexity index is 1050. The Labute approximate surface area is 171 Å². The highest BCUT2D eigenvalue weighted by atomic mass is 16.6. The van der Waals surface area contributed by atoms with Crippen LogP contribution in [0.15, 0.2) is 54.6 Å². The average molecular weight is 393 g/mol. The van der Waals surface area contributed by atoms with E-state index in [9.17, 15) is 9.59 Å². The van der Waals surface area contributed by atoms with Gasteiger partial charge in [-0.2, -0.15) is 0 Å². The lowest BCUT2D eigenvalue weighted by Gasteiger charge is -2.24. The van der Waals surface area contributed by atoms with E-state index in [4.69, 9.17) is 9.47 Å². The number of fused-ring (bicyclic) bond motifs is 3. The fourth-order valence-electron chi connectivity index (χ4n) is 3.16. The first-order valence-corrected chi connectivity index (χ1v) is 9.77. The molecule has 0 saturated carbocycles. The molecule has 0 saturated heterocycles. The molecule has 152 valence electrons. The number of carbonyl (C=O) groups excluding carboxylic acids is 2. The van der Waals surface area contributed by atoms with E-state index < -0.39 is 23.7 Å². The number of benzene rings is 3. The summed E-state index contributed by atoms with van der Waals surface area (Å²) < 4.78 is 10.9. The summed E-state index contributed by atoms with van der Waals surface area (Å²) in [5.41, 5.74) is -0.644. The van der Waals surface area contributed by atoms with Crippen molar-refractivity contribution in [3.05, 3.63) is 54.6 Å². The molecule has 0 aliphatic rings. The predicted molar refractivity (Wildman–Crippen MR) is 115 cm³/mol. The Balaban J connectivity index is 1.83. The maximum absolute atomic E-state index is 12.8. The number of nitrogens with one attached hydrogen (secondary N) is 1. The average Bonchev–Trinajstić information content (AvgIpc) is 2.64. The molecule has 0 radical (unpaired) electrons. The van der Waals surface area contributed by atoms with Crippen LogP contribution in [-0.2, 0) is 9.53 Å². The summed E-state index contributed by atoms with van der Waals surface area (Å²) >= 11 is 0. The number of alkyl carbamates (subject to hydrolysis) is 1. The number of rotatable bonds is 4. The molecular weight excluding hydrogens is 366 g/mol. The third kappa shape index (κ3) is 5.05. The summed E-state index contributed by atoms with van der Waals surface area (Å²) in [4.78, 5) is 24.9. The Hall–Kier alpha value is -3.08. The monoisotopic (exact) mass is 393 g/mol. The SMILES string of the molecule is CC(C)[C@H](NC(=O)OC(C)(C)C)C(=O)Oc1ccc2ccc3ccccc3c2c1. The van der Waals surface area contributed by atoms with Gasteiger partial charge in [-0.15, -0.1) is 0 Å². The van der Waals surface area contributed by atoms with E-state index >= 15 is 0 Å². The molecular formula is C24H27NO4. The Morgan fingerprint density at radius 3 is 2.17 bits per heavy atom. The first-order chi connectivity index (χ1) is 13.6. The number of carbonyl (C=O) groups is 2. The standard InChI is InChI=1S/C24H27NO4/c1-15(2)21(25-23(27)29-24(3,4)5)22(26)28-18-13-12-17-11-10-16-8-6-7-9-19(16)20(17)14-18/h6-15,21H,1-5H3,(H,25,27)/t21-/m0/s1. The van der Waals surface area contributed by atoms with Crippen LogP contribution in [0.25, 0.3) is 21.5 Å². The molecule has 1 atom stereocenters. The lowest BCUT2D eigenvalue weighted by atomic mass is 10.0. The van der Waals surface area contributed by atoms with Crippen molar-refractivity contribution in [2.45, 2.75) is 46.3 Å². The molecule has 5 heteroatoms. The zero-order valence-electron chi connectivity index (χ0n) is 17.5. The zero-order chi connectivity index (χ0) is 21.2. The number of hydrogen-bond acceptors (Lipinski definition) is 4. The van der Waals surface area contributed by atoms with Crippen LogP contribution in [0.3, 0.4) is 0 Å². The Morgan fingerprint density at radius 1 is 0.897 bits per heavy atom. The molecule has 1 N–H and O–H groups in total. The number of hydrogen-bond donors (Lipinski definition) is 1. The van der Waals surface area contributed by atoms with Crippen LogP contribution in [0.5, 0.6) is 5.75 Å². The first-order valence-electron chi connectivity index (χ1n) is 9.77. The van der Waals surface area contributed by atoms with Crippen LogP contribution < -0.4 is 10.1 Å². The van der Waals surface area contributed by atoms with Crippen molar-refractivity contribution in [2.24, 2.45) is 5.92 Å². The lowest BCUT2D eigenvalue weighted by molar-refractivity contribution is -0.137. The van der Waals surface area contributed by atoms with Crippen LogP contribution in [-0.4, -0.2) is 23.7 Å². The van der Waals surface area contributed by atoms with Gasteiger partial charge in [0.15, 0.2) is 0 Å². The van der Waals surface area contributed by atoms with Gasteiger partial charge >= 0.3 is 12.1 Å². The Kier molecular flexibility index (Phi) is 5.78. The van der Waals surface area contributed by atoms with Gasteiger partial charge in [-0.25, -0.2) is 9.59 Å². The molecule has 0 bridgehead atoms. The van der Waals surface area contributed by atoms with Crippen molar-refractivity contribution >= 4 is 33.6 Å². The van der Waals surface area contributed by atoms with Gasteiger partial charge in [0.05, 0.1) is 0 Å². The molecule has 1 amide bonds. The van der Waals surface area contributed by atoms with E-state index in [0.717, 1.165) is 21.5 Å². The minimum atomic E-state index is -0.812. The van der Waals surface area contributed by atoms with E-state index in [-0.39, 0.29) is 5.92 Å². The first kappa shape index (κ1) is 20.6. The van der Waals surface area contributed by atoms with Gasteiger partial charge < -0.3 is 14.8 Å². The van der Waals surface area contributed by atoms with Gasteiger partial charge in [-0.05, 0) is 60.4 Å². The minimum absolute atomic E-state index is 0.156. The molecule has 0 aromatic heterocycles. The fourth-order valence-corrected chi connectivity index (χ4v) is 3.16. The van der Waals surface area contributed by atoms with E-state index in [1.807, 2.05) is 56.3 Å². The molecule has 0 spiro atoms. The summed E-state index contributed by atoms with van der Waals surface area (Å²) in [5, 5.41) is 6.91. The summed E-state index contributed by atoms with van der Waals surface area (Å²) in [7, 11) is 0. The summed E-state index contributed by atoms with van der Waals surface area (Å²) in [6.07, 6.45) is -0.641. The van der Waals surface area contributed by atoms with Crippen LogP contribution in [0.4, 0.5) is 4.79 Å². The maximum atomic E-state index is 12.8. The molecule has 3 rings (SSSR count). The molecule has 0 aliphatic heterocycles. The van der Waals surface area contributed by atoms with Gasteiger partial charge in [0.25, 0.3) is 0 Å². The van der Waals surface area contributed by atoms with E-state index in [1.54, 1.807) is 26.8 Å². The van der Waals surface area contributed by atoms with E-state index in [1.165, 1.54) is 0 Å². The van der Waals surface area contributed by atoms with Gasteiger partial charge in [-0.1, -0.05) is 56.3 Å². The van der Waals surface area contributed by atoms with Crippen molar-refractivity contribution < 1.29 is 19.1 Å². The molecule has 0 unspecified atom stereocenters. The lowest BCUT2D eigenvalue weighted by Crippen LogP contribution is -2.48. The number of ether oxygens (including phenoxy) is 2. The quantitative estimate of drug-likeness (QED) is 0.364. The van der Waals surface area contributed by atoms with E-state index in [0.29, 0.717) is 5.75 Å². The van der Waals surface area contributed by atoms with Crippen molar-refractivity contribution in [2.75, 3.05) is 0 Å². The highest BCUT2D eigenvalue weighted by molar-refractivity contribution is 6.08. The normalized spacial score (nSPS) is 12.8. The van der Waals surface area contributed by atoms with Crippen LogP contribution in [0, 0.1) is 5.92 Å². The smallest absolute Gasteiger partial charge is 0.408 e. The largest absolute Gasteiger partial charge is 0.444 e. The summed E-state index contributed by atoms with van der Waals surface area (Å²) in [5.74, 6) is -0.239. The van der Waals surface area contributed by atoms with Crippen molar-refractivity contribution in [1.29, 1.82) is 0 Å². The second-order valence-corrected chi connectivity index (χ2v) is 8.46. The number of amides is 1. The molecule has 0 fully saturated rings. The Morgan fingerprint density at radius 2 is 1.52 bits per heavy atom. The highest BCUT2D eigenvalue weighted by Crippen LogP contribution is 2.29. The van der Waals surface area contributed by atoms with Gasteiger partial charge in [0.2, 0.25) is 0 Å². The third-order valence-corrected chi connectivity index (χ3v) is 4.53. The van der Waals surface area contributed by atoms with Gasteiger partial charge in [0, 0.05) is 0 Å². The van der Waals surface area contributed by atoms with Gasteiger partial charge in [0.1, 0.15) is 17.4 Å². The maximum Gasteiger partial charge on any atom is 0.408 e. The molecule has 5 nitrogen and oxygen atoms in total. The summed E-state index contributed by atoms with van der Waals surface area (Å²) in [6, 6.07) is 16.9. The molecule has 3 aromatic rings. The van der Waals surface area contributed by atoms with Crippen LogP contribution in [0.2, 0.25) is 0 Å². The topological polar surface area (TPSA) is 64.6 Å². The van der Waals surface area contributed by atoms with Crippen molar-refractivity contribution in [1.82, 2.24) is 5.32 Å². The highest BCUT2D eigenvalue weighted by Gasteiger charge is 2.28. The zero-order valence-corrected chi connectivity index (χ0v) is 17.5. The molecule has 29 heavy (non-hydrogen) atoms. The molecule has 0 heterocycles. The second-order valence-electron chi connectivity index (χ2n) is 8.46. The van der Waals surface area contributed by atoms with Gasteiger partial charge in [-0.3, -0.25) is 0 Å². The minimum Gasteiger partial charge on any atom is -0.444 e. The van der Waals surface area contributed by atoms with Crippen LogP contribution >= 0.6 is 0 Å². The summed E-state index contributed by atoms with van der Waals surface area (Å²) in [6.45, 7) is 9.01. The molecule has 3 aromatic carbocycles. The van der Waals surface area contributed by atoms with E-state index in [2.05, 4.69) is 11.4 Å².